The molecule has 0 heterocycles. The van der Waals surface area contributed by atoms with Crippen LogP contribution in [-0.4, -0.2) is 6.29 Å². The van der Waals surface area contributed by atoms with Crippen molar-refractivity contribution in [3.63, 3.8) is 0 Å². The smallest absolute Gasteiger partial charge is 0.123 e. The van der Waals surface area contributed by atoms with E-state index in [1.54, 1.807) is 0 Å². The number of rotatable bonds is 1. The zero-order valence-corrected chi connectivity index (χ0v) is 9.81. The lowest BCUT2D eigenvalue weighted by molar-refractivity contribution is -0.111. The third-order valence-corrected chi connectivity index (χ3v) is 1.84. The Labute approximate surface area is 83.9 Å². The van der Waals surface area contributed by atoms with E-state index in [4.69, 9.17) is 0 Å². The highest BCUT2D eigenvalue weighted by molar-refractivity contribution is 5.53. The van der Waals surface area contributed by atoms with Crippen LogP contribution in [0.15, 0.2) is 0 Å². The summed E-state index contributed by atoms with van der Waals surface area (Å²) in [6, 6.07) is 0. The van der Waals surface area contributed by atoms with Crippen LogP contribution in [0.25, 0.3) is 0 Å². The monoisotopic (exact) mass is 186 g/mol. The summed E-state index contributed by atoms with van der Waals surface area (Å²) in [7, 11) is 0. The molecule has 0 bridgehead atoms. The fourth-order valence-electron chi connectivity index (χ4n) is 1.27. The van der Waals surface area contributed by atoms with Gasteiger partial charge in [0, 0.05) is 5.92 Å². The Kier molecular flexibility index (Phi) is 16.6. The van der Waals surface area contributed by atoms with Gasteiger partial charge in [0.25, 0.3) is 0 Å². The van der Waals surface area contributed by atoms with Gasteiger partial charge >= 0.3 is 0 Å². The molecular weight excluding hydrogens is 160 g/mol. The van der Waals surface area contributed by atoms with Crippen molar-refractivity contribution < 1.29 is 4.79 Å². The molecule has 0 unspecified atom stereocenters. The summed E-state index contributed by atoms with van der Waals surface area (Å²) < 4.78 is 0. The van der Waals surface area contributed by atoms with Crippen molar-refractivity contribution in [2.45, 2.75) is 66.2 Å². The molecule has 0 spiro atoms. The van der Waals surface area contributed by atoms with E-state index >= 15 is 0 Å². The van der Waals surface area contributed by atoms with Gasteiger partial charge in [-0.15, -0.1) is 0 Å². The third-order valence-electron chi connectivity index (χ3n) is 1.84. The van der Waals surface area contributed by atoms with Crippen LogP contribution in [0, 0.1) is 5.92 Å². The first-order chi connectivity index (χ1) is 6.35. The highest BCUT2D eigenvalue weighted by Gasteiger charge is 2.10. The molecule has 80 valence electrons. The second kappa shape index (κ2) is 14.2. The summed E-state index contributed by atoms with van der Waals surface area (Å²) in [5.74, 6) is 0.406. The highest BCUT2D eigenvalue weighted by Crippen LogP contribution is 2.21. The second-order valence-electron chi connectivity index (χ2n) is 3.24. The lowest BCUT2D eigenvalue weighted by Crippen LogP contribution is -2.06. The van der Waals surface area contributed by atoms with Gasteiger partial charge in [-0.2, -0.15) is 0 Å². The van der Waals surface area contributed by atoms with Crippen LogP contribution >= 0.6 is 0 Å². The van der Waals surface area contributed by atoms with Gasteiger partial charge in [0.2, 0.25) is 0 Å². The maximum Gasteiger partial charge on any atom is 0.123 e. The molecule has 0 atom stereocenters. The van der Waals surface area contributed by atoms with Crippen LogP contribution in [0.4, 0.5) is 0 Å². The minimum absolute atomic E-state index is 0.406. The summed E-state index contributed by atoms with van der Waals surface area (Å²) in [6.07, 6.45) is 8.52. The minimum atomic E-state index is 0.406. The Balaban J connectivity index is 0. The maximum atomic E-state index is 10.2. The molecule has 0 radical (unpaired) electrons. The van der Waals surface area contributed by atoms with Gasteiger partial charge in [-0.3, -0.25) is 0 Å². The largest absolute Gasteiger partial charge is 0.303 e. The molecule has 1 saturated carbocycles. The number of carbonyl (C=O) groups excluding carboxylic acids is 1. The number of aldehydes is 1. The maximum absolute atomic E-state index is 10.2. The summed E-state index contributed by atoms with van der Waals surface area (Å²) >= 11 is 0. The first-order valence-corrected chi connectivity index (χ1v) is 5.80. The van der Waals surface area contributed by atoms with Gasteiger partial charge < -0.3 is 4.79 Å². The zero-order valence-electron chi connectivity index (χ0n) is 9.81. The summed E-state index contributed by atoms with van der Waals surface area (Å²) in [4.78, 5) is 10.2. The van der Waals surface area contributed by atoms with Crippen molar-refractivity contribution in [1.29, 1.82) is 0 Å². The molecule has 13 heavy (non-hydrogen) atoms. The van der Waals surface area contributed by atoms with E-state index < -0.39 is 0 Å². The number of hydrogen-bond acceptors (Lipinski definition) is 1. The lowest BCUT2D eigenvalue weighted by atomic mass is 9.91. The summed E-state index contributed by atoms with van der Waals surface area (Å²) in [5.41, 5.74) is 0. The van der Waals surface area contributed by atoms with E-state index in [9.17, 15) is 4.79 Å². The third kappa shape index (κ3) is 11.7. The molecule has 0 aromatic heterocycles. The van der Waals surface area contributed by atoms with Crippen LogP contribution in [0.2, 0.25) is 0 Å². The molecule has 0 N–H and O–H groups in total. The van der Waals surface area contributed by atoms with Crippen LogP contribution in [0.5, 0.6) is 0 Å². The standard InChI is InChI=1S/C7H12O.C3H8.C2H6/c8-6-7-4-2-1-3-5-7;1-3-2;1-2/h6-7H,1-5H2;3H2,1-2H3;1-2H3. The van der Waals surface area contributed by atoms with E-state index in [0.29, 0.717) is 5.92 Å². The second-order valence-corrected chi connectivity index (χ2v) is 3.24. The topological polar surface area (TPSA) is 17.1 Å². The van der Waals surface area contributed by atoms with E-state index in [1.165, 1.54) is 25.7 Å². The zero-order chi connectivity index (χ0) is 10.5. The Morgan fingerprint density at radius 1 is 1.08 bits per heavy atom. The minimum Gasteiger partial charge on any atom is -0.303 e. The molecule has 1 aliphatic carbocycles. The molecule has 1 rings (SSSR count). The fraction of sp³-hybridized carbons (Fsp3) is 0.917. The SMILES string of the molecule is CC.CCC.O=CC1CCCCC1. The Bertz CT molecular complexity index is 83.1. The molecular formula is C12H26O. The molecule has 0 aromatic carbocycles. The molecule has 0 amide bonds. The van der Waals surface area contributed by atoms with Crippen molar-refractivity contribution >= 4 is 6.29 Å². The van der Waals surface area contributed by atoms with Gasteiger partial charge in [0.05, 0.1) is 0 Å². The highest BCUT2D eigenvalue weighted by atomic mass is 16.1. The molecule has 0 aromatic rings. The first kappa shape index (κ1) is 15.2. The van der Waals surface area contributed by atoms with Crippen LogP contribution in [0.1, 0.15) is 66.2 Å². The van der Waals surface area contributed by atoms with E-state index in [-0.39, 0.29) is 0 Å². The van der Waals surface area contributed by atoms with Crippen molar-refractivity contribution in [1.82, 2.24) is 0 Å². The Hall–Kier alpha value is -0.330. The summed E-state index contributed by atoms with van der Waals surface area (Å²) in [6.45, 7) is 8.25. The van der Waals surface area contributed by atoms with Crippen LogP contribution < -0.4 is 0 Å². The van der Waals surface area contributed by atoms with Crippen molar-refractivity contribution in [2.75, 3.05) is 0 Å². The van der Waals surface area contributed by atoms with Gasteiger partial charge in [0.15, 0.2) is 0 Å². The van der Waals surface area contributed by atoms with Crippen LogP contribution in [-0.2, 0) is 4.79 Å². The van der Waals surface area contributed by atoms with Crippen molar-refractivity contribution in [2.24, 2.45) is 5.92 Å². The molecule has 1 fully saturated rings. The van der Waals surface area contributed by atoms with E-state index in [2.05, 4.69) is 13.8 Å². The van der Waals surface area contributed by atoms with Crippen LogP contribution in [0.3, 0.4) is 0 Å². The first-order valence-electron chi connectivity index (χ1n) is 5.80. The fourth-order valence-corrected chi connectivity index (χ4v) is 1.27. The number of carbonyl (C=O) groups is 1. The Morgan fingerprint density at radius 2 is 1.46 bits per heavy atom. The molecule has 1 nitrogen and oxygen atoms in total. The average molecular weight is 186 g/mol. The predicted molar refractivity (Wildman–Crippen MR) is 60.0 cm³/mol. The normalized spacial score (nSPS) is 16.0. The van der Waals surface area contributed by atoms with E-state index in [1.807, 2.05) is 13.8 Å². The quantitative estimate of drug-likeness (QED) is 0.561. The van der Waals surface area contributed by atoms with Gasteiger partial charge in [0.1, 0.15) is 6.29 Å². The number of hydrogen-bond donors (Lipinski definition) is 0. The lowest BCUT2D eigenvalue weighted by Gasteiger charge is -2.14. The van der Waals surface area contributed by atoms with Crippen molar-refractivity contribution in [3.8, 4) is 0 Å². The molecule has 0 aliphatic heterocycles. The molecule has 1 heteroatoms. The predicted octanol–water partition coefficient (Wildman–Crippen LogP) is 4.21. The molecule has 1 aliphatic rings. The van der Waals surface area contributed by atoms with Gasteiger partial charge in [-0.1, -0.05) is 53.4 Å². The average Bonchev–Trinajstić information content (AvgIpc) is 2.23. The van der Waals surface area contributed by atoms with Gasteiger partial charge in [-0.25, -0.2) is 0 Å². The van der Waals surface area contributed by atoms with E-state index in [0.717, 1.165) is 19.1 Å². The van der Waals surface area contributed by atoms with Gasteiger partial charge in [-0.05, 0) is 12.8 Å². The van der Waals surface area contributed by atoms with Crippen molar-refractivity contribution in [3.05, 3.63) is 0 Å². The summed E-state index contributed by atoms with van der Waals surface area (Å²) in [5, 5.41) is 0. The Morgan fingerprint density at radius 3 is 1.69 bits per heavy atom. The molecule has 0 saturated heterocycles.